The van der Waals surface area contributed by atoms with Crippen molar-refractivity contribution >= 4 is 32.6 Å². The van der Waals surface area contributed by atoms with Gasteiger partial charge in [-0.1, -0.05) is 66.7 Å². The summed E-state index contributed by atoms with van der Waals surface area (Å²) >= 11 is 0. The molecule has 5 aromatic rings. The Morgan fingerprint density at radius 1 is 0.636 bits per heavy atom. The Balaban J connectivity index is 1.44. The van der Waals surface area contributed by atoms with Crippen molar-refractivity contribution in [2.45, 2.75) is 37.5 Å². The minimum atomic E-state index is 0.244. The normalized spacial score (nSPS) is 31.2. The van der Waals surface area contributed by atoms with Crippen molar-refractivity contribution in [3.05, 3.63) is 83.9 Å². The molecule has 4 bridgehead atoms. The summed E-state index contributed by atoms with van der Waals surface area (Å²) in [5.41, 5.74) is 9.18. The van der Waals surface area contributed by atoms with Crippen LogP contribution < -0.4 is 0 Å². The summed E-state index contributed by atoms with van der Waals surface area (Å²) in [6.45, 7) is 0. The summed E-state index contributed by atoms with van der Waals surface area (Å²) in [7, 11) is 0. The Morgan fingerprint density at radius 2 is 1.39 bits per heavy atom. The number of aromatic nitrogens is 1. The third-order valence-corrected chi connectivity index (χ3v) is 10.2. The van der Waals surface area contributed by atoms with Gasteiger partial charge in [0, 0.05) is 27.1 Å². The summed E-state index contributed by atoms with van der Waals surface area (Å²) in [5, 5.41) is 5.48. The lowest BCUT2D eigenvalue weighted by molar-refractivity contribution is -0.0399. The van der Waals surface area contributed by atoms with Gasteiger partial charge in [-0.3, -0.25) is 0 Å². The van der Waals surface area contributed by atoms with E-state index in [1.165, 1.54) is 75.8 Å². The molecule has 4 fully saturated rings. The van der Waals surface area contributed by atoms with Crippen LogP contribution in [0.5, 0.6) is 0 Å². The Morgan fingerprint density at radius 3 is 2.24 bits per heavy atom. The fourth-order valence-electron chi connectivity index (χ4n) is 9.37. The predicted molar refractivity (Wildman–Crippen MR) is 137 cm³/mol. The number of benzene rings is 4. The monoisotopic (exact) mass is 425 g/mol. The molecule has 5 aliphatic carbocycles. The molecule has 0 radical (unpaired) electrons. The molecule has 0 amide bonds. The maximum atomic E-state index is 3.84. The van der Waals surface area contributed by atoms with Crippen LogP contribution in [0.1, 0.15) is 43.2 Å². The Labute approximate surface area is 193 Å². The van der Waals surface area contributed by atoms with Crippen LogP contribution in [0.15, 0.2) is 72.8 Å². The van der Waals surface area contributed by atoms with E-state index < -0.39 is 0 Å². The molecule has 5 aliphatic rings. The van der Waals surface area contributed by atoms with Gasteiger partial charge in [-0.2, -0.15) is 0 Å². The van der Waals surface area contributed by atoms with Crippen LogP contribution in [0.3, 0.4) is 0 Å². The topological polar surface area (TPSA) is 15.8 Å². The summed E-state index contributed by atoms with van der Waals surface area (Å²) in [5.74, 6) is 3.61. The van der Waals surface area contributed by atoms with Crippen LogP contribution in [0.4, 0.5) is 0 Å². The third-order valence-electron chi connectivity index (χ3n) is 10.2. The van der Waals surface area contributed by atoms with E-state index in [1.807, 2.05) is 0 Å². The maximum Gasteiger partial charge on any atom is 0.0544 e. The predicted octanol–water partition coefficient (Wildman–Crippen LogP) is 8.20. The van der Waals surface area contributed by atoms with Gasteiger partial charge in [-0.15, -0.1) is 0 Å². The molecule has 4 saturated carbocycles. The fourth-order valence-corrected chi connectivity index (χ4v) is 9.37. The van der Waals surface area contributed by atoms with Gasteiger partial charge < -0.3 is 4.98 Å². The molecule has 0 unspecified atom stereocenters. The number of aromatic amines is 1. The SMILES string of the molecule is c1ccc2c(c1)-c1c(ccc3[nH]c4c5ccccc5ccc4c13)C21C2CC3CC(C2)CC1C3. The summed E-state index contributed by atoms with van der Waals surface area (Å²) in [6, 6.07) is 27.9. The van der Waals surface area contributed by atoms with E-state index in [2.05, 4.69) is 77.8 Å². The van der Waals surface area contributed by atoms with Crippen molar-refractivity contribution in [3.63, 3.8) is 0 Å². The largest absolute Gasteiger partial charge is 0.354 e. The van der Waals surface area contributed by atoms with Crippen LogP contribution in [0.25, 0.3) is 43.7 Å². The lowest BCUT2D eigenvalue weighted by Crippen LogP contribution is -2.55. The van der Waals surface area contributed by atoms with Crippen LogP contribution in [0.2, 0.25) is 0 Å². The molecule has 1 heteroatoms. The van der Waals surface area contributed by atoms with E-state index >= 15 is 0 Å². The highest BCUT2D eigenvalue weighted by Crippen LogP contribution is 2.70. The Bertz CT molecular complexity index is 1610. The van der Waals surface area contributed by atoms with Crippen molar-refractivity contribution < 1.29 is 0 Å². The molecule has 33 heavy (non-hydrogen) atoms. The summed E-state index contributed by atoms with van der Waals surface area (Å²) < 4.78 is 0. The molecule has 160 valence electrons. The van der Waals surface area contributed by atoms with Crippen LogP contribution in [0, 0.1) is 23.7 Å². The quantitative estimate of drug-likeness (QED) is 0.257. The van der Waals surface area contributed by atoms with Gasteiger partial charge in [-0.05, 0) is 89.5 Å². The molecule has 0 atom stereocenters. The van der Waals surface area contributed by atoms with Crippen LogP contribution in [-0.4, -0.2) is 4.98 Å². The van der Waals surface area contributed by atoms with Crippen molar-refractivity contribution in [3.8, 4) is 11.1 Å². The number of fused-ring (bicyclic) bond motifs is 9. The first kappa shape index (κ1) is 17.4. The summed E-state index contributed by atoms with van der Waals surface area (Å²) in [4.78, 5) is 3.84. The van der Waals surface area contributed by atoms with E-state index in [0.717, 1.165) is 23.7 Å². The van der Waals surface area contributed by atoms with Gasteiger partial charge in [0.25, 0.3) is 0 Å². The van der Waals surface area contributed by atoms with E-state index in [4.69, 9.17) is 0 Å². The van der Waals surface area contributed by atoms with E-state index in [9.17, 15) is 0 Å². The Kier molecular flexibility index (Phi) is 3.01. The molecule has 10 rings (SSSR count). The maximum absolute atomic E-state index is 3.84. The third kappa shape index (κ3) is 1.91. The second-order valence-electron chi connectivity index (χ2n) is 11.5. The van der Waals surface area contributed by atoms with E-state index in [-0.39, 0.29) is 5.41 Å². The van der Waals surface area contributed by atoms with Crippen molar-refractivity contribution in [1.29, 1.82) is 0 Å². The minimum absolute atomic E-state index is 0.244. The Hall–Kier alpha value is -3.06. The number of rotatable bonds is 0. The molecule has 1 N–H and O–H groups in total. The molecular formula is C32H27N. The van der Waals surface area contributed by atoms with Crippen LogP contribution in [-0.2, 0) is 5.41 Å². The van der Waals surface area contributed by atoms with Gasteiger partial charge in [0.15, 0.2) is 0 Å². The zero-order chi connectivity index (χ0) is 21.3. The highest BCUT2D eigenvalue weighted by Gasteiger charge is 2.61. The molecule has 1 aromatic heterocycles. The number of nitrogens with one attached hydrogen (secondary N) is 1. The molecule has 0 saturated heterocycles. The number of H-pyrrole nitrogens is 1. The van der Waals surface area contributed by atoms with E-state index in [0.29, 0.717) is 0 Å². The molecule has 1 heterocycles. The zero-order valence-corrected chi connectivity index (χ0v) is 18.8. The first-order valence-electron chi connectivity index (χ1n) is 12.9. The van der Waals surface area contributed by atoms with Crippen molar-refractivity contribution in [2.24, 2.45) is 23.7 Å². The lowest BCUT2D eigenvalue weighted by atomic mass is 9.43. The number of hydrogen-bond donors (Lipinski definition) is 1. The van der Waals surface area contributed by atoms with Gasteiger partial charge in [0.05, 0.1) is 5.52 Å². The average molecular weight is 426 g/mol. The minimum Gasteiger partial charge on any atom is -0.354 e. The standard InChI is InChI=1S/C32H27N/c1-2-6-23-20(5-1)9-10-25-30-28(33-31(23)25)12-11-27-29(30)24-7-3-4-8-26(24)32(27)21-14-18-13-19(16-21)17-22(32)15-18/h1-12,18-19,21-22,33H,13-17H2. The van der Waals surface area contributed by atoms with Gasteiger partial charge in [-0.25, -0.2) is 0 Å². The molecule has 0 aliphatic heterocycles. The zero-order valence-electron chi connectivity index (χ0n) is 18.8. The first-order chi connectivity index (χ1) is 16.3. The average Bonchev–Trinajstić information content (AvgIpc) is 3.36. The van der Waals surface area contributed by atoms with Gasteiger partial charge in [0.2, 0.25) is 0 Å². The van der Waals surface area contributed by atoms with Crippen molar-refractivity contribution in [2.75, 3.05) is 0 Å². The molecule has 1 nitrogen and oxygen atoms in total. The smallest absolute Gasteiger partial charge is 0.0544 e. The summed E-state index contributed by atoms with van der Waals surface area (Å²) in [6.07, 6.45) is 7.27. The van der Waals surface area contributed by atoms with Gasteiger partial charge >= 0.3 is 0 Å². The molecule has 1 spiro atoms. The molecular weight excluding hydrogens is 398 g/mol. The van der Waals surface area contributed by atoms with Crippen molar-refractivity contribution in [1.82, 2.24) is 4.98 Å². The fraction of sp³-hybridized carbons (Fsp3) is 0.312. The van der Waals surface area contributed by atoms with Gasteiger partial charge in [0.1, 0.15) is 0 Å². The highest BCUT2D eigenvalue weighted by molar-refractivity contribution is 6.22. The number of hydrogen-bond acceptors (Lipinski definition) is 0. The van der Waals surface area contributed by atoms with Crippen LogP contribution >= 0.6 is 0 Å². The highest BCUT2D eigenvalue weighted by atomic mass is 14.7. The molecule has 4 aromatic carbocycles. The van der Waals surface area contributed by atoms with E-state index in [1.54, 1.807) is 11.1 Å². The lowest BCUT2D eigenvalue weighted by Gasteiger charge is -2.61. The first-order valence-corrected chi connectivity index (χ1v) is 12.9. The second kappa shape index (κ2) is 5.70. The second-order valence-corrected chi connectivity index (χ2v) is 11.5.